The summed E-state index contributed by atoms with van der Waals surface area (Å²) in [6.07, 6.45) is 4.18. The Kier molecular flexibility index (Phi) is 11.1. The zero-order valence-corrected chi connectivity index (χ0v) is 21.4. The van der Waals surface area contributed by atoms with Crippen molar-refractivity contribution in [3.63, 3.8) is 0 Å². The fourth-order valence-corrected chi connectivity index (χ4v) is 3.70. The van der Waals surface area contributed by atoms with Crippen molar-refractivity contribution in [2.75, 3.05) is 19.8 Å². The summed E-state index contributed by atoms with van der Waals surface area (Å²) in [5.41, 5.74) is 1.24. The number of carboxylic acids is 1. The van der Waals surface area contributed by atoms with Crippen molar-refractivity contribution in [1.82, 2.24) is 15.4 Å². The summed E-state index contributed by atoms with van der Waals surface area (Å²) in [5, 5.41) is 52.4. The fraction of sp³-hybridized carbons (Fsp3) is 0.333. The number of hydrogen-bond donors (Lipinski definition) is 6. The van der Waals surface area contributed by atoms with Gasteiger partial charge in [-0.1, -0.05) is 25.0 Å². The van der Waals surface area contributed by atoms with E-state index in [0.717, 1.165) is 30.4 Å². The van der Waals surface area contributed by atoms with Gasteiger partial charge in [-0.25, -0.2) is 4.79 Å². The lowest BCUT2D eigenvalue weighted by Crippen LogP contribution is -2.26. The highest BCUT2D eigenvalue weighted by Gasteiger charge is 2.10. The number of aromatic nitrogens is 1. The minimum Gasteiger partial charge on any atom is -0.508 e. The van der Waals surface area contributed by atoms with E-state index in [1.165, 1.54) is 24.3 Å². The first-order chi connectivity index (χ1) is 18.8. The van der Waals surface area contributed by atoms with Crippen molar-refractivity contribution < 1.29 is 34.9 Å². The number of azo groups is 1. The minimum atomic E-state index is -1.10. The van der Waals surface area contributed by atoms with Crippen LogP contribution in [0.1, 0.15) is 48.0 Å². The minimum absolute atomic E-state index is 0.0376. The van der Waals surface area contributed by atoms with Gasteiger partial charge in [-0.05, 0) is 61.7 Å². The third-order valence-electron chi connectivity index (χ3n) is 5.79. The van der Waals surface area contributed by atoms with Crippen LogP contribution in [0.4, 0.5) is 11.4 Å². The van der Waals surface area contributed by atoms with Crippen LogP contribution in [0.15, 0.2) is 64.8 Å². The molecule has 1 aromatic heterocycles. The highest BCUT2D eigenvalue weighted by Crippen LogP contribution is 2.27. The molecule has 0 aliphatic rings. The molecule has 0 spiro atoms. The molecular weight excluding hydrogens is 506 g/mol. The number of nitrogens with one attached hydrogen (secondary N) is 2. The zero-order valence-electron chi connectivity index (χ0n) is 21.4. The molecule has 3 rings (SSSR count). The molecule has 3 aromatic rings. The largest absolute Gasteiger partial charge is 0.508 e. The number of carboxylic acid groups (broad SMARTS) is 1. The lowest BCUT2D eigenvalue weighted by Gasteiger charge is -2.10. The maximum atomic E-state index is 12.2. The van der Waals surface area contributed by atoms with Gasteiger partial charge in [0.15, 0.2) is 6.73 Å². The molecule has 0 saturated carbocycles. The van der Waals surface area contributed by atoms with Crippen molar-refractivity contribution in [3.05, 3.63) is 65.7 Å². The van der Waals surface area contributed by atoms with E-state index in [4.69, 9.17) is 4.84 Å². The summed E-state index contributed by atoms with van der Waals surface area (Å²) in [6, 6.07) is 13.6. The third kappa shape index (κ3) is 9.34. The quantitative estimate of drug-likeness (QED) is 0.0898. The Bertz CT molecular complexity index is 1260. The van der Waals surface area contributed by atoms with E-state index in [1.54, 1.807) is 30.3 Å². The van der Waals surface area contributed by atoms with Gasteiger partial charge in [0.1, 0.15) is 11.4 Å². The summed E-state index contributed by atoms with van der Waals surface area (Å²) >= 11 is 0. The third-order valence-corrected chi connectivity index (χ3v) is 5.79. The van der Waals surface area contributed by atoms with Crippen molar-refractivity contribution in [2.45, 2.75) is 38.5 Å². The van der Waals surface area contributed by atoms with Crippen LogP contribution in [0.2, 0.25) is 0 Å². The lowest BCUT2D eigenvalue weighted by molar-refractivity contribution is -0.121. The number of aryl methyl sites for hydroxylation is 1. The predicted octanol–water partition coefficient (Wildman–Crippen LogP) is 4.00. The normalized spacial score (nSPS) is 11.1. The van der Waals surface area contributed by atoms with E-state index < -0.39 is 5.97 Å². The number of carbonyl (C=O) groups is 2. The number of hydrogen-bond acceptors (Lipinski definition) is 9. The molecule has 12 nitrogen and oxygen atoms in total. The van der Waals surface area contributed by atoms with Crippen LogP contribution in [0.3, 0.4) is 0 Å². The SMILES string of the molecule is O=C(CCc1cc(N=Nc2ccccc2C(=O)O)ccc1O)NCCCCCCNCOn1c(O)ccc1O. The number of benzene rings is 2. The van der Waals surface area contributed by atoms with Gasteiger partial charge in [0, 0.05) is 25.1 Å². The molecule has 39 heavy (non-hydrogen) atoms. The fourth-order valence-electron chi connectivity index (χ4n) is 3.70. The van der Waals surface area contributed by atoms with Crippen LogP contribution < -0.4 is 15.5 Å². The second-order valence-electron chi connectivity index (χ2n) is 8.72. The maximum Gasteiger partial charge on any atom is 0.337 e. The van der Waals surface area contributed by atoms with Crippen LogP contribution in [-0.4, -0.2) is 56.9 Å². The second-order valence-corrected chi connectivity index (χ2v) is 8.72. The summed E-state index contributed by atoms with van der Waals surface area (Å²) in [6.45, 7) is 1.42. The second kappa shape index (κ2) is 15.0. The number of aromatic carboxylic acids is 1. The van der Waals surface area contributed by atoms with Crippen LogP contribution in [0, 0.1) is 0 Å². The van der Waals surface area contributed by atoms with Crippen molar-refractivity contribution in [1.29, 1.82) is 0 Å². The smallest absolute Gasteiger partial charge is 0.337 e. The van der Waals surface area contributed by atoms with Gasteiger partial charge in [-0.2, -0.15) is 5.11 Å². The van der Waals surface area contributed by atoms with E-state index >= 15 is 0 Å². The molecule has 208 valence electrons. The molecule has 0 bridgehead atoms. The Morgan fingerprint density at radius 2 is 1.59 bits per heavy atom. The van der Waals surface area contributed by atoms with Crippen molar-refractivity contribution in [3.8, 4) is 17.5 Å². The van der Waals surface area contributed by atoms with E-state index in [0.29, 0.717) is 30.8 Å². The molecule has 0 aliphatic carbocycles. The number of rotatable bonds is 16. The van der Waals surface area contributed by atoms with Crippen molar-refractivity contribution in [2.24, 2.45) is 10.2 Å². The molecule has 0 unspecified atom stereocenters. The van der Waals surface area contributed by atoms with E-state index in [-0.39, 0.29) is 47.8 Å². The molecule has 0 saturated heterocycles. The van der Waals surface area contributed by atoms with Gasteiger partial charge in [-0.15, -0.1) is 9.84 Å². The van der Waals surface area contributed by atoms with Gasteiger partial charge < -0.3 is 30.6 Å². The molecule has 6 N–H and O–H groups in total. The average Bonchev–Trinajstić information content (AvgIpc) is 3.25. The number of amides is 1. The number of aromatic hydroxyl groups is 3. The first kappa shape index (κ1) is 29.0. The predicted molar refractivity (Wildman–Crippen MR) is 143 cm³/mol. The Hall–Kier alpha value is -4.58. The molecule has 1 amide bonds. The first-order valence-corrected chi connectivity index (χ1v) is 12.6. The number of phenols is 1. The number of unbranched alkanes of at least 4 members (excludes halogenated alkanes) is 3. The van der Waals surface area contributed by atoms with Crippen molar-refractivity contribution >= 4 is 23.3 Å². The monoisotopic (exact) mass is 539 g/mol. The van der Waals surface area contributed by atoms with E-state index in [2.05, 4.69) is 20.9 Å². The highest BCUT2D eigenvalue weighted by molar-refractivity contribution is 5.93. The standard InChI is InChI=1S/C27H33N5O7/c33-23-11-10-20(30-31-22-8-4-3-7-21(22)27(37)38)17-19(23)9-12-24(34)29-16-6-2-1-5-15-28-18-39-32-25(35)13-14-26(32)36/h3-4,7-8,10-11,13-14,17,28,33,35-36H,1-2,5-6,9,12,15-16,18H2,(H,29,34)(H,37,38). The highest BCUT2D eigenvalue weighted by atomic mass is 16.7. The zero-order chi connectivity index (χ0) is 28.0. The summed E-state index contributed by atoms with van der Waals surface area (Å²) in [7, 11) is 0. The molecule has 0 aliphatic heterocycles. The summed E-state index contributed by atoms with van der Waals surface area (Å²) in [4.78, 5) is 28.7. The van der Waals surface area contributed by atoms with E-state index in [1.807, 2.05) is 0 Å². The first-order valence-electron chi connectivity index (χ1n) is 12.6. The number of nitrogens with zero attached hydrogens (tertiary/aromatic N) is 3. The molecular formula is C27H33N5O7. The average molecular weight is 540 g/mol. The van der Waals surface area contributed by atoms with Crippen LogP contribution >= 0.6 is 0 Å². The summed E-state index contributed by atoms with van der Waals surface area (Å²) in [5.74, 6) is -1.52. The Balaban J connectivity index is 1.30. The Morgan fingerprint density at radius 3 is 2.33 bits per heavy atom. The number of carbonyl (C=O) groups excluding carboxylic acids is 1. The molecule has 2 aromatic carbocycles. The topological polar surface area (TPSA) is 178 Å². The molecule has 1 heterocycles. The molecule has 0 atom stereocenters. The maximum absolute atomic E-state index is 12.2. The van der Waals surface area contributed by atoms with Gasteiger partial charge >= 0.3 is 5.97 Å². The Morgan fingerprint density at radius 1 is 0.872 bits per heavy atom. The van der Waals surface area contributed by atoms with Gasteiger partial charge in [0.2, 0.25) is 17.7 Å². The molecule has 0 fully saturated rings. The number of phenolic OH excluding ortho intramolecular Hbond substituents is 1. The van der Waals surface area contributed by atoms with Gasteiger partial charge in [-0.3, -0.25) is 10.1 Å². The van der Waals surface area contributed by atoms with Crippen LogP contribution in [-0.2, 0) is 11.2 Å². The van der Waals surface area contributed by atoms with Gasteiger partial charge in [0.25, 0.3) is 0 Å². The molecule has 0 radical (unpaired) electrons. The Labute approximate surface area is 225 Å². The van der Waals surface area contributed by atoms with Crippen LogP contribution in [0.25, 0.3) is 0 Å². The lowest BCUT2D eigenvalue weighted by atomic mass is 10.1. The van der Waals surface area contributed by atoms with E-state index in [9.17, 15) is 30.0 Å². The van der Waals surface area contributed by atoms with Crippen LogP contribution in [0.5, 0.6) is 17.5 Å². The molecule has 12 heteroatoms. The van der Waals surface area contributed by atoms with Gasteiger partial charge in [0.05, 0.1) is 11.3 Å². The summed E-state index contributed by atoms with van der Waals surface area (Å²) < 4.78 is 0.934.